The molecule has 0 N–H and O–H groups in total. The lowest BCUT2D eigenvalue weighted by molar-refractivity contribution is 0.263. The average molecular weight is 290 g/mol. The third-order valence-electron chi connectivity index (χ3n) is 2.83. The Balaban J connectivity index is 1.95. The maximum atomic E-state index is 6.17. The highest BCUT2D eigenvalue weighted by Gasteiger charge is 2.10. The number of aromatic nitrogens is 3. The number of fused-ring (bicyclic) bond motifs is 1. The smallest absolute Gasteiger partial charge is 0.253 e. The first-order chi connectivity index (χ1) is 9.63. The molecule has 0 aliphatic rings. The topological polar surface area (TPSA) is 61.0 Å². The molecule has 0 saturated carbocycles. The van der Waals surface area contributed by atoms with Crippen LogP contribution in [0.15, 0.2) is 28.7 Å². The van der Waals surface area contributed by atoms with Gasteiger partial charge in [0.25, 0.3) is 5.89 Å². The second-order valence-corrected chi connectivity index (χ2v) is 4.81. The summed E-state index contributed by atoms with van der Waals surface area (Å²) in [7, 11) is 0. The van der Waals surface area contributed by atoms with Crippen molar-refractivity contribution in [3.63, 3.8) is 0 Å². The van der Waals surface area contributed by atoms with Crippen LogP contribution in [0.2, 0.25) is 5.02 Å². The van der Waals surface area contributed by atoms with Gasteiger partial charge < -0.3 is 9.15 Å². The number of ether oxygens (including phenoxy) is 1. The first-order valence-corrected chi connectivity index (χ1v) is 6.49. The molecule has 1 aromatic carbocycles. The van der Waals surface area contributed by atoms with Crippen LogP contribution in [0.3, 0.4) is 0 Å². The van der Waals surface area contributed by atoms with Gasteiger partial charge in [0.15, 0.2) is 6.61 Å². The van der Waals surface area contributed by atoms with Gasteiger partial charge in [0.1, 0.15) is 11.3 Å². The predicted octanol–water partition coefficient (Wildman–Crippen LogP) is 3.47. The Hall–Kier alpha value is -2.14. The molecule has 0 radical (unpaired) electrons. The second-order valence-electron chi connectivity index (χ2n) is 4.40. The van der Waals surface area contributed by atoms with E-state index in [2.05, 4.69) is 15.2 Å². The average Bonchev–Trinajstić information content (AvgIpc) is 2.84. The predicted molar refractivity (Wildman–Crippen MR) is 74.9 cm³/mol. The van der Waals surface area contributed by atoms with Gasteiger partial charge in [0, 0.05) is 18.0 Å². The molecular weight excluding hydrogens is 278 g/mol. The van der Waals surface area contributed by atoms with Crippen LogP contribution in [0.5, 0.6) is 5.75 Å². The molecule has 0 bridgehead atoms. The summed E-state index contributed by atoms with van der Waals surface area (Å²) >= 11 is 6.17. The van der Waals surface area contributed by atoms with E-state index in [1.807, 2.05) is 19.1 Å². The van der Waals surface area contributed by atoms with E-state index >= 15 is 0 Å². The number of aryl methyl sites for hydroxylation is 2. The fourth-order valence-electron chi connectivity index (χ4n) is 1.91. The van der Waals surface area contributed by atoms with Crippen LogP contribution >= 0.6 is 11.6 Å². The summed E-state index contributed by atoms with van der Waals surface area (Å²) in [6, 6.07) is 7.43. The van der Waals surface area contributed by atoms with Crippen molar-refractivity contribution in [2.45, 2.75) is 20.5 Å². The molecule has 0 saturated heterocycles. The molecule has 0 atom stereocenters. The highest BCUT2D eigenvalue weighted by molar-refractivity contribution is 6.35. The molecule has 5 nitrogen and oxygen atoms in total. The van der Waals surface area contributed by atoms with E-state index in [-0.39, 0.29) is 6.61 Å². The molecule has 20 heavy (non-hydrogen) atoms. The lowest BCUT2D eigenvalue weighted by Crippen LogP contribution is -1.98. The van der Waals surface area contributed by atoms with Gasteiger partial charge in [0.2, 0.25) is 5.89 Å². The molecule has 2 heterocycles. The van der Waals surface area contributed by atoms with E-state index < -0.39 is 0 Å². The highest BCUT2D eigenvalue weighted by atomic mass is 35.5. The minimum atomic E-state index is 0.202. The van der Waals surface area contributed by atoms with E-state index in [1.165, 1.54) is 0 Å². The van der Waals surface area contributed by atoms with Crippen LogP contribution in [0.4, 0.5) is 0 Å². The largest absolute Gasteiger partial charge is 0.482 e. The van der Waals surface area contributed by atoms with E-state index in [9.17, 15) is 0 Å². The normalized spacial score (nSPS) is 10.9. The van der Waals surface area contributed by atoms with Gasteiger partial charge >= 0.3 is 0 Å². The molecule has 0 aliphatic carbocycles. The number of hydrogen-bond acceptors (Lipinski definition) is 5. The van der Waals surface area contributed by atoms with Crippen LogP contribution in [0.1, 0.15) is 17.5 Å². The van der Waals surface area contributed by atoms with Crippen molar-refractivity contribution in [3.05, 3.63) is 46.8 Å². The van der Waals surface area contributed by atoms with Gasteiger partial charge in [-0.05, 0) is 31.2 Å². The van der Waals surface area contributed by atoms with E-state index in [0.29, 0.717) is 22.6 Å². The molecule has 0 spiro atoms. The summed E-state index contributed by atoms with van der Waals surface area (Å²) < 4.78 is 11.0. The fourth-order valence-corrected chi connectivity index (χ4v) is 2.12. The van der Waals surface area contributed by atoms with Crippen molar-refractivity contribution in [1.29, 1.82) is 0 Å². The zero-order chi connectivity index (χ0) is 14.1. The summed E-state index contributed by atoms with van der Waals surface area (Å²) in [6.45, 7) is 3.86. The summed E-state index contributed by atoms with van der Waals surface area (Å²) in [5.41, 5.74) is 1.63. The minimum Gasteiger partial charge on any atom is -0.482 e. The first-order valence-electron chi connectivity index (χ1n) is 6.11. The van der Waals surface area contributed by atoms with Crippen molar-refractivity contribution < 1.29 is 9.15 Å². The molecule has 0 fully saturated rings. The van der Waals surface area contributed by atoms with E-state index in [0.717, 1.165) is 16.6 Å². The van der Waals surface area contributed by atoms with Crippen LogP contribution in [0, 0.1) is 13.8 Å². The van der Waals surface area contributed by atoms with Gasteiger partial charge in [-0.15, -0.1) is 10.2 Å². The van der Waals surface area contributed by atoms with Crippen LogP contribution in [-0.2, 0) is 6.61 Å². The quantitative estimate of drug-likeness (QED) is 0.739. The summed E-state index contributed by atoms with van der Waals surface area (Å²) in [6.07, 6.45) is 0. The Morgan fingerprint density at radius 2 is 2.00 bits per heavy atom. The molecular formula is C14H12ClN3O2. The monoisotopic (exact) mass is 289 g/mol. The number of rotatable bonds is 3. The molecule has 6 heteroatoms. The Morgan fingerprint density at radius 1 is 1.15 bits per heavy atom. The van der Waals surface area contributed by atoms with Gasteiger partial charge in [-0.3, -0.25) is 0 Å². The Labute approximate surface area is 120 Å². The van der Waals surface area contributed by atoms with Gasteiger partial charge in [-0.1, -0.05) is 11.6 Å². The standard InChI is InChI=1S/C14H12ClN3O2/c1-8-3-4-10-11(15)5-6-12(14(10)16-8)19-7-13-18-17-9(2)20-13/h3-6H,7H2,1-2H3. The molecule has 2 aromatic heterocycles. The Bertz CT molecular complexity index is 770. The van der Waals surface area contributed by atoms with Gasteiger partial charge in [-0.2, -0.15) is 0 Å². The third kappa shape index (κ3) is 2.44. The van der Waals surface area contributed by atoms with Crippen molar-refractivity contribution in [1.82, 2.24) is 15.2 Å². The van der Waals surface area contributed by atoms with Gasteiger partial charge in [0.05, 0.1) is 5.02 Å². The zero-order valence-electron chi connectivity index (χ0n) is 11.1. The molecule has 0 unspecified atom stereocenters. The van der Waals surface area contributed by atoms with Crippen molar-refractivity contribution >= 4 is 22.5 Å². The van der Waals surface area contributed by atoms with E-state index in [1.54, 1.807) is 19.1 Å². The summed E-state index contributed by atoms with van der Waals surface area (Å²) in [4.78, 5) is 4.48. The molecule has 102 valence electrons. The number of halogens is 1. The fraction of sp³-hybridized carbons (Fsp3) is 0.214. The SMILES string of the molecule is Cc1ccc2c(Cl)ccc(OCc3nnc(C)o3)c2n1. The van der Waals surface area contributed by atoms with Gasteiger partial charge in [-0.25, -0.2) is 4.98 Å². The molecule has 0 aliphatic heterocycles. The third-order valence-corrected chi connectivity index (χ3v) is 3.15. The van der Waals surface area contributed by atoms with Crippen molar-refractivity contribution in [2.24, 2.45) is 0 Å². The summed E-state index contributed by atoms with van der Waals surface area (Å²) in [5, 5.41) is 9.15. The summed E-state index contributed by atoms with van der Waals surface area (Å²) in [5.74, 6) is 1.58. The van der Waals surface area contributed by atoms with Crippen LogP contribution in [0.25, 0.3) is 10.9 Å². The van der Waals surface area contributed by atoms with Crippen molar-refractivity contribution in [2.75, 3.05) is 0 Å². The Morgan fingerprint density at radius 3 is 2.75 bits per heavy atom. The highest BCUT2D eigenvalue weighted by Crippen LogP contribution is 2.30. The molecule has 0 amide bonds. The Kier molecular flexibility index (Phi) is 3.28. The first kappa shape index (κ1) is 12.9. The molecule has 3 rings (SSSR count). The lowest BCUT2D eigenvalue weighted by Gasteiger charge is -2.08. The minimum absolute atomic E-state index is 0.202. The second kappa shape index (κ2) is 5.09. The maximum absolute atomic E-state index is 6.17. The van der Waals surface area contributed by atoms with Crippen LogP contribution < -0.4 is 4.74 Å². The number of pyridine rings is 1. The zero-order valence-corrected chi connectivity index (χ0v) is 11.8. The molecule has 3 aromatic rings. The van der Waals surface area contributed by atoms with Crippen LogP contribution in [-0.4, -0.2) is 15.2 Å². The van der Waals surface area contributed by atoms with E-state index in [4.69, 9.17) is 20.8 Å². The van der Waals surface area contributed by atoms with Crippen molar-refractivity contribution in [3.8, 4) is 5.75 Å². The number of nitrogens with zero attached hydrogens (tertiary/aromatic N) is 3. The maximum Gasteiger partial charge on any atom is 0.253 e. The lowest BCUT2D eigenvalue weighted by atomic mass is 10.2. The number of hydrogen-bond donors (Lipinski definition) is 0. The number of benzene rings is 1.